The van der Waals surface area contributed by atoms with Crippen LogP contribution in [0.5, 0.6) is 5.75 Å². The molecule has 2 aliphatic heterocycles. The number of piperazine rings is 1. The molecule has 0 saturated carbocycles. The van der Waals surface area contributed by atoms with E-state index >= 15 is 0 Å². The number of hydrogen-bond acceptors (Lipinski definition) is 3. The minimum absolute atomic E-state index is 0.305. The van der Waals surface area contributed by atoms with E-state index in [-0.39, 0.29) is 0 Å². The molecule has 1 aromatic rings. The zero-order chi connectivity index (χ0) is 14.8. The molecule has 0 amide bonds. The molecule has 0 aromatic heterocycles. The summed E-state index contributed by atoms with van der Waals surface area (Å²) < 4.78 is 7.29. The van der Waals surface area contributed by atoms with Gasteiger partial charge in [0.2, 0.25) is 0 Å². The van der Waals surface area contributed by atoms with E-state index in [0.717, 1.165) is 36.3 Å². The summed E-state index contributed by atoms with van der Waals surface area (Å²) in [5.41, 5.74) is 1.34. The Kier molecular flexibility index (Phi) is 4.87. The van der Waals surface area contributed by atoms with Gasteiger partial charge in [-0.3, -0.25) is 4.90 Å². The molecule has 3 unspecified atom stereocenters. The Morgan fingerprint density at radius 2 is 2.19 bits per heavy atom. The summed E-state index contributed by atoms with van der Waals surface area (Å²) in [7, 11) is 0. The molecule has 116 valence electrons. The van der Waals surface area contributed by atoms with Crippen LogP contribution in [0.15, 0.2) is 22.7 Å². The zero-order valence-electron chi connectivity index (χ0n) is 12.9. The number of benzene rings is 1. The van der Waals surface area contributed by atoms with Crippen molar-refractivity contribution >= 4 is 15.9 Å². The standard InChI is InChI=1S/C17H25BrN2O/c1-3-14-10-20(15(4-2)9-19-14)11-16-8-12-7-13(18)5-6-17(12)21-16/h5-7,14-16,19H,3-4,8-11H2,1-2H3. The minimum atomic E-state index is 0.305. The summed E-state index contributed by atoms with van der Waals surface area (Å²) in [6.07, 6.45) is 3.74. The Balaban J connectivity index is 1.63. The van der Waals surface area contributed by atoms with Crippen molar-refractivity contribution in [2.45, 2.75) is 51.3 Å². The highest BCUT2D eigenvalue weighted by atomic mass is 79.9. The van der Waals surface area contributed by atoms with E-state index < -0.39 is 0 Å². The largest absolute Gasteiger partial charge is 0.488 e. The van der Waals surface area contributed by atoms with Crippen molar-refractivity contribution in [1.82, 2.24) is 10.2 Å². The molecular formula is C17H25BrN2O. The van der Waals surface area contributed by atoms with Crippen LogP contribution in [0.4, 0.5) is 0 Å². The van der Waals surface area contributed by atoms with Crippen molar-refractivity contribution in [3.05, 3.63) is 28.2 Å². The van der Waals surface area contributed by atoms with Gasteiger partial charge in [-0.05, 0) is 36.6 Å². The van der Waals surface area contributed by atoms with Gasteiger partial charge in [0.25, 0.3) is 0 Å². The lowest BCUT2D eigenvalue weighted by Gasteiger charge is -2.40. The van der Waals surface area contributed by atoms with Gasteiger partial charge in [-0.1, -0.05) is 29.8 Å². The summed E-state index contributed by atoms with van der Waals surface area (Å²) in [6.45, 7) is 7.85. The van der Waals surface area contributed by atoms with Crippen LogP contribution in [-0.2, 0) is 6.42 Å². The maximum Gasteiger partial charge on any atom is 0.123 e. The number of hydrogen-bond donors (Lipinski definition) is 1. The monoisotopic (exact) mass is 352 g/mol. The summed E-state index contributed by atoms with van der Waals surface area (Å²) in [5, 5.41) is 3.66. The molecule has 2 heterocycles. The van der Waals surface area contributed by atoms with E-state index in [1.807, 2.05) is 0 Å². The van der Waals surface area contributed by atoms with E-state index in [1.54, 1.807) is 0 Å². The quantitative estimate of drug-likeness (QED) is 0.900. The fourth-order valence-corrected chi connectivity index (χ4v) is 3.89. The maximum absolute atomic E-state index is 6.14. The lowest BCUT2D eigenvalue weighted by Crippen LogP contribution is -2.57. The predicted molar refractivity (Wildman–Crippen MR) is 90.0 cm³/mol. The molecule has 2 aliphatic rings. The first kappa shape index (κ1) is 15.3. The third kappa shape index (κ3) is 3.43. The van der Waals surface area contributed by atoms with E-state index in [2.05, 4.69) is 58.2 Å². The minimum Gasteiger partial charge on any atom is -0.488 e. The second-order valence-corrected chi connectivity index (χ2v) is 7.14. The summed E-state index contributed by atoms with van der Waals surface area (Å²) in [6, 6.07) is 7.62. The van der Waals surface area contributed by atoms with Crippen molar-refractivity contribution in [3.8, 4) is 5.75 Å². The highest BCUT2D eigenvalue weighted by Crippen LogP contribution is 2.32. The fourth-order valence-electron chi connectivity index (χ4n) is 3.48. The molecule has 1 aromatic carbocycles. The van der Waals surface area contributed by atoms with Crippen LogP contribution in [-0.4, -0.2) is 42.7 Å². The number of rotatable bonds is 4. The molecule has 1 N–H and O–H groups in total. The van der Waals surface area contributed by atoms with Gasteiger partial charge in [0, 0.05) is 42.6 Å². The average molecular weight is 353 g/mol. The van der Waals surface area contributed by atoms with Crippen LogP contribution in [0.2, 0.25) is 0 Å². The number of nitrogens with zero attached hydrogens (tertiary/aromatic N) is 1. The molecule has 4 heteroatoms. The second kappa shape index (κ2) is 6.67. The fraction of sp³-hybridized carbons (Fsp3) is 0.647. The number of fused-ring (bicyclic) bond motifs is 1. The zero-order valence-corrected chi connectivity index (χ0v) is 14.5. The Bertz CT molecular complexity index is 494. The topological polar surface area (TPSA) is 24.5 Å². The molecule has 0 aliphatic carbocycles. The van der Waals surface area contributed by atoms with Crippen molar-refractivity contribution in [1.29, 1.82) is 0 Å². The van der Waals surface area contributed by atoms with Crippen molar-refractivity contribution in [2.24, 2.45) is 0 Å². The summed E-state index contributed by atoms with van der Waals surface area (Å²) in [5.74, 6) is 1.07. The molecule has 21 heavy (non-hydrogen) atoms. The average Bonchev–Trinajstić information content (AvgIpc) is 2.88. The normalized spacial score (nSPS) is 29.2. The predicted octanol–water partition coefficient (Wildman–Crippen LogP) is 3.22. The molecule has 0 bridgehead atoms. The van der Waals surface area contributed by atoms with Crippen molar-refractivity contribution in [2.75, 3.05) is 19.6 Å². The van der Waals surface area contributed by atoms with Crippen LogP contribution in [0.3, 0.4) is 0 Å². The number of halogens is 1. The lowest BCUT2D eigenvalue weighted by molar-refractivity contribution is 0.0774. The highest BCUT2D eigenvalue weighted by molar-refractivity contribution is 9.10. The number of ether oxygens (including phenoxy) is 1. The third-order valence-corrected chi connectivity index (χ3v) is 5.27. The summed E-state index contributed by atoms with van der Waals surface area (Å²) >= 11 is 3.55. The van der Waals surface area contributed by atoms with E-state index in [4.69, 9.17) is 4.74 Å². The van der Waals surface area contributed by atoms with Gasteiger partial charge in [0.1, 0.15) is 11.9 Å². The van der Waals surface area contributed by atoms with Gasteiger partial charge < -0.3 is 10.1 Å². The Labute approximate surface area is 136 Å². The van der Waals surface area contributed by atoms with Crippen molar-refractivity contribution in [3.63, 3.8) is 0 Å². The van der Waals surface area contributed by atoms with Gasteiger partial charge >= 0.3 is 0 Å². The molecule has 3 atom stereocenters. The highest BCUT2D eigenvalue weighted by Gasteiger charge is 2.31. The maximum atomic E-state index is 6.14. The van der Waals surface area contributed by atoms with Crippen molar-refractivity contribution < 1.29 is 4.74 Å². The van der Waals surface area contributed by atoms with Crippen LogP contribution < -0.4 is 10.1 Å². The first-order valence-electron chi connectivity index (χ1n) is 8.12. The molecular weight excluding hydrogens is 328 g/mol. The Hall–Kier alpha value is -0.580. The van der Waals surface area contributed by atoms with E-state index in [0.29, 0.717) is 18.2 Å². The Morgan fingerprint density at radius 3 is 2.95 bits per heavy atom. The van der Waals surface area contributed by atoms with Gasteiger partial charge in [-0.25, -0.2) is 0 Å². The van der Waals surface area contributed by atoms with Gasteiger partial charge in [-0.2, -0.15) is 0 Å². The molecule has 1 fully saturated rings. The van der Waals surface area contributed by atoms with Gasteiger partial charge in [0.05, 0.1) is 0 Å². The molecule has 3 nitrogen and oxygen atoms in total. The first-order chi connectivity index (χ1) is 10.2. The van der Waals surface area contributed by atoms with Crippen LogP contribution in [0, 0.1) is 0 Å². The molecule has 1 saturated heterocycles. The summed E-state index contributed by atoms with van der Waals surface area (Å²) in [4.78, 5) is 2.64. The van der Waals surface area contributed by atoms with Crippen LogP contribution >= 0.6 is 15.9 Å². The van der Waals surface area contributed by atoms with Crippen LogP contribution in [0.1, 0.15) is 32.3 Å². The van der Waals surface area contributed by atoms with Gasteiger partial charge in [-0.15, -0.1) is 0 Å². The molecule has 0 spiro atoms. The number of nitrogens with one attached hydrogen (secondary N) is 1. The Morgan fingerprint density at radius 1 is 1.33 bits per heavy atom. The van der Waals surface area contributed by atoms with E-state index in [1.165, 1.54) is 18.4 Å². The third-order valence-electron chi connectivity index (χ3n) is 4.78. The second-order valence-electron chi connectivity index (χ2n) is 6.23. The van der Waals surface area contributed by atoms with E-state index in [9.17, 15) is 0 Å². The SMILES string of the molecule is CCC1CN(CC2Cc3cc(Br)ccc3O2)C(CC)CN1. The molecule has 3 rings (SSSR count). The smallest absolute Gasteiger partial charge is 0.123 e. The first-order valence-corrected chi connectivity index (χ1v) is 8.91. The lowest BCUT2D eigenvalue weighted by atomic mass is 10.0. The van der Waals surface area contributed by atoms with Crippen LogP contribution in [0.25, 0.3) is 0 Å². The van der Waals surface area contributed by atoms with Gasteiger partial charge in [0.15, 0.2) is 0 Å². The molecule has 0 radical (unpaired) electrons.